The van der Waals surface area contributed by atoms with Crippen LogP contribution in [0.15, 0.2) is 54.6 Å². The van der Waals surface area contributed by atoms with Crippen molar-refractivity contribution in [3.05, 3.63) is 71.3 Å². The van der Waals surface area contributed by atoms with E-state index in [1.165, 1.54) is 45.3 Å². The average Bonchev–Trinajstić information content (AvgIpc) is 4.00. The Bertz CT molecular complexity index is 1650. The van der Waals surface area contributed by atoms with Gasteiger partial charge in [0.25, 0.3) is 5.91 Å². The second kappa shape index (κ2) is 20.3. The number of ether oxygens (including phenoxy) is 5. The Morgan fingerprint density at radius 3 is 1.98 bits per heavy atom. The topological polar surface area (TPSA) is 138 Å². The fraction of sp³-hybridized carbons (Fsp3) is 0.614. The first-order chi connectivity index (χ1) is 26.8. The lowest BCUT2D eigenvalue weighted by Gasteiger charge is -2.34. The zero-order chi connectivity index (χ0) is 41.9. The van der Waals surface area contributed by atoms with E-state index in [1.54, 1.807) is 32.9 Å². The van der Waals surface area contributed by atoms with E-state index in [9.17, 15) is 24.0 Å². The number of likely N-dealkylation sites (N-methyl/N-ethyl adjacent to an activating group) is 2. The predicted molar refractivity (Wildman–Crippen MR) is 211 cm³/mol. The molecule has 1 saturated carbocycles. The van der Waals surface area contributed by atoms with Crippen LogP contribution in [0.25, 0.3) is 0 Å². The molecule has 2 fully saturated rings. The summed E-state index contributed by atoms with van der Waals surface area (Å²) in [5, 5.41) is 0. The van der Waals surface area contributed by atoms with Crippen LogP contribution in [-0.4, -0.2) is 103 Å². The van der Waals surface area contributed by atoms with Gasteiger partial charge in [-0.1, -0.05) is 67.4 Å². The van der Waals surface area contributed by atoms with Gasteiger partial charge in [-0.3, -0.25) is 9.69 Å². The summed E-state index contributed by atoms with van der Waals surface area (Å²) in [7, 11) is 2.76. The molecule has 1 saturated heterocycles. The van der Waals surface area contributed by atoms with E-state index in [4.69, 9.17) is 23.7 Å². The zero-order valence-electron chi connectivity index (χ0n) is 34.8. The third-order valence-electron chi connectivity index (χ3n) is 10.2. The van der Waals surface area contributed by atoms with Gasteiger partial charge in [-0.05, 0) is 102 Å². The van der Waals surface area contributed by atoms with Gasteiger partial charge in [0.2, 0.25) is 0 Å². The molecule has 1 aliphatic carbocycles. The van der Waals surface area contributed by atoms with Crippen LogP contribution < -0.4 is 0 Å². The summed E-state index contributed by atoms with van der Waals surface area (Å²) in [6.07, 6.45) is 0.270. The molecule has 2 amide bonds. The highest BCUT2D eigenvalue weighted by atomic mass is 19.1. The van der Waals surface area contributed by atoms with Crippen molar-refractivity contribution < 1.29 is 52.0 Å². The van der Waals surface area contributed by atoms with Crippen LogP contribution in [0, 0.1) is 5.92 Å². The van der Waals surface area contributed by atoms with Crippen molar-refractivity contribution in [3.63, 3.8) is 0 Å². The third kappa shape index (κ3) is 14.7. The van der Waals surface area contributed by atoms with Crippen LogP contribution in [0.1, 0.15) is 109 Å². The van der Waals surface area contributed by atoms with Crippen LogP contribution in [0.5, 0.6) is 0 Å². The molecule has 4 atom stereocenters. The predicted octanol–water partition coefficient (Wildman–Crippen LogP) is 7.10. The molecule has 2 aliphatic rings. The number of halogens is 1. The standard InChI is InChI=1S/C44H61FN2O10/c1-29(39(49)54-28-32-12-10-9-11-13-32)55-40(50)35(26-31-14-15-31)46(7)38(48)37(21-18-30-16-19-33(20-17-30)34-22-24-53-25-23-34)56-41(51)36(27-44(5,6)45)47(8)42(52)57-43(2,3)4/h9-13,16-17,19-20,29,31,34-37H,14-15,18,21-28H2,1-8H3/t29-,35+,36+,37-/m1/s1. The summed E-state index contributed by atoms with van der Waals surface area (Å²) < 4.78 is 43.1. The number of carbonyl (C=O) groups excluding carboxylic acids is 5. The molecule has 0 aromatic heterocycles. The number of carbonyl (C=O) groups is 5. The van der Waals surface area contributed by atoms with E-state index in [0.717, 1.165) is 41.7 Å². The Balaban J connectivity index is 1.55. The molecule has 314 valence electrons. The first kappa shape index (κ1) is 45.2. The number of benzene rings is 2. The molecule has 13 heteroatoms. The maximum absolute atomic E-state index is 15.2. The highest BCUT2D eigenvalue weighted by Crippen LogP contribution is 2.35. The van der Waals surface area contributed by atoms with Crippen LogP contribution in [-0.2, 0) is 55.9 Å². The van der Waals surface area contributed by atoms with Gasteiger partial charge < -0.3 is 28.6 Å². The van der Waals surface area contributed by atoms with E-state index >= 15 is 4.39 Å². The van der Waals surface area contributed by atoms with E-state index in [2.05, 4.69) is 12.1 Å². The molecule has 1 aliphatic heterocycles. The van der Waals surface area contributed by atoms with Crippen molar-refractivity contribution in [2.45, 2.75) is 141 Å². The Morgan fingerprint density at radius 1 is 0.789 bits per heavy atom. The van der Waals surface area contributed by atoms with Gasteiger partial charge in [0.1, 0.15) is 30.0 Å². The van der Waals surface area contributed by atoms with Gasteiger partial charge in [0.05, 0.1) is 0 Å². The molecule has 0 bridgehead atoms. The minimum absolute atomic E-state index is 0.000466. The van der Waals surface area contributed by atoms with E-state index in [1.807, 2.05) is 30.3 Å². The Hall–Kier alpha value is -4.52. The molecule has 0 N–H and O–H groups in total. The average molecular weight is 797 g/mol. The quantitative estimate of drug-likeness (QED) is 0.113. The number of amides is 2. The molecule has 0 spiro atoms. The first-order valence-corrected chi connectivity index (χ1v) is 20.0. The molecule has 1 heterocycles. The maximum Gasteiger partial charge on any atom is 0.410 e. The van der Waals surface area contributed by atoms with Gasteiger partial charge in [-0.25, -0.2) is 23.6 Å². The van der Waals surface area contributed by atoms with Gasteiger partial charge in [0.15, 0.2) is 12.2 Å². The second-order valence-electron chi connectivity index (χ2n) is 16.9. The lowest BCUT2D eigenvalue weighted by molar-refractivity contribution is -0.174. The van der Waals surface area contributed by atoms with Gasteiger partial charge in [-0.15, -0.1) is 0 Å². The molecular formula is C44H61FN2O10. The fourth-order valence-corrected chi connectivity index (χ4v) is 6.65. The van der Waals surface area contributed by atoms with Crippen molar-refractivity contribution in [1.29, 1.82) is 0 Å². The summed E-state index contributed by atoms with van der Waals surface area (Å²) in [5.74, 6) is -2.65. The molecule has 57 heavy (non-hydrogen) atoms. The SMILES string of the molecule is C[C@@H](OC(=O)[C@H](CC1CC1)N(C)C(=O)[C@@H](CCc1ccc(C2CCOCC2)cc1)OC(=O)[C@H](CC(C)(C)F)N(C)C(=O)OC(C)(C)C)C(=O)OCc1ccccc1. The second-order valence-corrected chi connectivity index (χ2v) is 16.9. The van der Waals surface area contributed by atoms with E-state index in [-0.39, 0.29) is 25.4 Å². The van der Waals surface area contributed by atoms with Crippen molar-refractivity contribution in [2.75, 3.05) is 27.3 Å². The van der Waals surface area contributed by atoms with Gasteiger partial charge >= 0.3 is 24.0 Å². The normalized spacial score (nSPS) is 17.0. The van der Waals surface area contributed by atoms with Gasteiger partial charge in [0, 0.05) is 33.7 Å². The maximum atomic E-state index is 15.2. The number of hydrogen-bond acceptors (Lipinski definition) is 10. The molecular weight excluding hydrogens is 735 g/mol. The van der Waals surface area contributed by atoms with Crippen molar-refractivity contribution in [2.24, 2.45) is 5.92 Å². The largest absolute Gasteiger partial charge is 0.458 e. The number of hydrogen-bond donors (Lipinski definition) is 0. The van der Waals surface area contributed by atoms with Crippen molar-refractivity contribution >= 4 is 29.9 Å². The smallest absolute Gasteiger partial charge is 0.410 e. The third-order valence-corrected chi connectivity index (χ3v) is 10.2. The van der Waals surface area contributed by atoms with Crippen molar-refractivity contribution in [1.82, 2.24) is 9.80 Å². The summed E-state index contributed by atoms with van der Waals surface area (Å²) >= 11 is 0. The monoisotopic (exact) mass is 796 g/mol. The minimum Gasteiger partial charge on any atom is -0.458 e. The molecule has 12 nitrogen and oxygen atoms in total. The zero-order valence-corrected chi connectivity index (χ0v) is 34.8. The number of esters is 3. The lowest BCUT2D eigenvalue weighted by Crippen LogP contribution is -2.52. The summed E-state index contributed by atoms with van der Waals surface area (Å²) in [5.41, 5.74) is 0.0643. The Morgan fingerprint density at radius 2 is 1.40 bits per heavy atom. The fourth-order valence-electron chi connectivity index (χ4n) is 6.65. The van der Waals surface area contributed by atoms with Crippen LogP contribution in [0.4, 0.5) is 9.18 Å². The summed E-state index contributed by atoms with van der Waals surface area (Å²) in [6.45, 7) is 10.4. The minimum atomic E-state index is -1.90. The van der Waals surface area contributed by atoms with Crippen LogP contribution >= 0.6 is 0 Å². The molecule has 2 aromatic rings. The molecule has 0 unspecified atom stereocenters. The highest BCUT2D eigenvalue weighted by molar-refractivity contribution is 5.90. The van der Waals surface area contributed by atoms with Crippen LogP contribution in [0.2, 0.25) is 0 Å². The van der Waals surface area contributed by atoms with E-state index < -0.39 is 71.9 Å². The van der Waals surface area contributed by atoms with Crippen molar-refractivity contribution in [3.8, 4) is 0 Å². The highest BCUT2D eigenvalue weighted by Gasteiger charge is 2.42. The summed E-state index contributed by atoms with van der Waals surface area (Å²) in [4.78, 5) is 70.3. The number of nitrogens with zero attached hydrogens (tertiary/aromatic N) is 2. The first-order valence-electron chi connectivity index (χ1n) is 20.0. The van der Waals surface area contributed by atoms with Gasteiger partial charge in [-0.2, -0.15) is 0 Å². The van der Waals surface area contributed by atoms with E-state index in [0.29, 0.717) is 25.6 Å². The molecule has 4 rings (SSSR count). The Kier molecular flexibility index (Phi) is 16.1. The molecule has 0 radical (unpaired) electrons. The number of aryl methyl sites for hydroxylation is 1. The Labute approximate surface area is 336 Å². The lowest BCUT2D eigenvalue weighted by atomic mass is 9.90. The van der Waals surface area contributed by atoms with Crippen LogP contribution in [0.3, 0.4) is 0 Å². The number of alkyl halides is 1. The molecule has 2 aromatic carbocycles. The summed E-state index contributed by atoms with van der Waals surface area (Å²) in [6, 6.07) is 14.6. The number of rotatable bonds is 18.